The third-order valence-corrected chi connectivity index (χ3v) is 10.1. The van der Waals surface area contributed by atoms with E-state index >= 15 is 0 Å². The fraction of sp³-hybridized carbons (Fsp3) is 0.389. The van der Waals surface area contributed by atoms with Crippen molar-refractivity contribution in [3.63, 3.8) is 0 Å². The summed E-state index contributed by atoms with van der Waals surface area (Å²) >= 11 is 0. The molecule has 7 rings (SSSR count). The second-order valence-corrected chi connectivity index (χ2v) is 12.2. The molecule has 1 saturated carbocycles. The van der Waals surface area contributed by atoms with Gasteiger partial charge in [0.25, 0.3) is 5.91 Å². The van der Waals surface area contributed by atoms with Crippen LogP contribution in [0.1, 0.15) is 48.4 Å². The molecule has 3 aromatic carbocycles. The summed E-state index contributed by atoms with van der Waals surface area (Å²) in [5.41, 5.74) is 4.27. The number of likely N-dealkylation sites (N-methyl/N-ethyl adjacent to an activating group) is 1. The van der Waals surface area contributed by atoms with Crippen LogP contribution in [0.25, 0.3) is 0 Å². The molecular weight excluding hydrogens is 524 g/mol. The van der Waals surface area contributed by atoms with E-state index in [0.29, 0.717) is 17.7 Å². The molecule has 0 N–H and O–H groups in total. The molecule has 6 nitrogen and oxygen atoms in total. The zero-order valence-corrected chi connectivity index (χ0v) is 24.2. The predicted octanol–water partition coefficient (Wildman–Crippen LogP) is 4.77. The number of piperidine rings is 1. The fourth-order valence-electron chi connectivity index (χ4n) is 8.33. The van der Waals surface area contributed by atoms with Gasteiger partial charge in [-0.25, -0.2) is 0 Å². The summed E-state index contributed by atoms with van der Waals surface area (Å²) in [5, 5.41) is 0. The van der Waals surface area contributed by atoms with Gasteiger partial charge in [-0.3, -0.25) is 14.5 Å². The molecule has 4 aliphatic rings. The third-order valence-electron chi connectivity index (χ3n) is 10.1. The first-order valence-corrected chi connectivity index (χ1v) is 15.1. The van der Waals surface area contributed by atoms with Crippen LogP contribution < -0.4 is 9.47 Å². The summed E-state index contributed by atoms with van der Waals surface area (Å²) in [6.45, 7) is 3.42. The Hall–Kier alpha value is -4.08. The Labute approximate surface area is 247 Å². The first-order chi connectivity index (χ1) is 20.5. The summed E-state index contributed by atoms with van der Waals surface area (Å²) < 4.78 is 12.6. The summed E-state index contributed by atoms with van der Waals surface area (Å²) in [6, 6.07) is 24.4. The lowest BCUT2D eigenvalue weighted by molar-refractivity contribution is -0.135. The number of hydrogen-bond donors (Lipinski definition) is 0. The molecule has 2 aliphatic heterocycles. The van der Waals surface area contributed by atoms with Crippen molar-refractivity contribution in [1.82, 2.24) is 9.80 Å². The zero-order chi connectivity index (χ0) is 28.8. The molecule has 1 saturated heterocycles. The van der Waals surface area contributed by atoms with E-state index < -0.39 is 0 Å². The van der Waals surface area contributed by atoms with E-state index in [-0.39, 0.29) is 29.4 Å². The van der Waals surface area contributed by atoms with Crippen LogP contribution in [-0.2, 0) is 27.8 Å². The lowest BCUT2D eigenvalue weighted by atomic mass is 9.51. The van der Waals surface area contributed by atoms with E-state index in [4.69, 9.17) is 9.47 Å². The SMILES string of the molecule is CC(=O)Oc1ccc2c3c1C[C@@H]1[C@@H]4CC[C@@H](N(C)C(=O)C#Cc5ccccc5)[C@H](O2)[C@]34CCN1CCc1ccccc1. The van der Waals surface area contributed by atoms with Gasteiger partial charge in [0.2, 0.25) is 0 Å². The number of carbonyl (C=O) groups is 2. The number of likely N-dealkylation sites (tertiary alicyclic amines) is 1. The van der Waals surface area contributed by atoms with Gasteiger partial charge in [-0.05, 0) is 74.4 Å². The standard InChI is InChI=1S/C36H36N2O4/c1-24(39)41-31-16-17-32-34-27(31)23-30-28-14-15-29(37(2)33(40)18-13-25-9-5-3-6-10-25)35(42-32)36(28,34)20-22-38(30)21-19-26-11-7-4-8-12-26/h3-12,16-17,28-30,35H,14-15,19-23H2,1-2H3/t28-,29+,30+,35-,36-/m0/s1. The Bertz CT molecular complexity index is 1580. The van der Waals surface area contributed by atoms with Gasteiger partial charge in [0.1, 0.15) is 17.6 Å². The van der Waals surface area contributed by atoms with E-state index in [0.717, 1.165) is 62.1 Å². The van der Waals surface area contributed by atoms with Gasteiger partial charge in [-0.15, -0.1) is 0 Å². The van der Waals surface area contributed by atoms with E-state index in [2.05, 4.69) is 47.1 Å². The lowest BCUT2D eigenvalue weighted by Gasteiger charge is -2.60. The van der Waals surface area contributed by atoms with E-state index in [1.54, 1.807) is 0 Å². The van der Waals surface area contributed by atoms with Crippen LogP contribution in [0.5, 0.6) is 11.5 Å². The quantitative estimate of drug-likeness (QED) is 0.256. The largest absolute Gasteiger partial charge is 0.487 e. The van der Waals surface area contributed by atoms with Crippen molar-refractivity contribution < 1.29 is 19.1 Å². The second kappa shape index (κ2) is 10.6. The maximum atomic E-state index is 13.4. The highest BCUT2D eigenvalue weighted by atomic mass is 16.5. The Kier molecular flexibility index (Phi) is 6.79. The average molecular weight is 561 g/mol. The molecule has 1 spiro atoms. The van der Waals surface area contributed by atoms with E-state index in [9.17, 15) is 9.59 Å². The lowest BCUT2D eigenvalue weighted by Crippen LogP contribution is -2.69. The normalized spacial score (nSPS) is 26.7. The minimum atomic E-state index is -0.309. The topological polar surface area (TPSA) is 59.1 Å². The number of hydrogen-bond acceptors (Lipinski definition) is 5. The Morgan fingerprint density at radius 1 is 1.05 bits per heavy atom. The maximum absolute atomic E-state index is 13.4. The van der Waals surface area contributed by atoms with Gasteiger partial charge in [0.15, 0.2) is 0 Å². The molecule has 42 heavy (non-hydrogen) atoms. The zero-order valence-electron chi connectivity index (χ0n) is 24.2. The molecule has 2 fully saturated rings. The van der Waals surface area contributed by atoms with Crippen molar-refractivity contribution in [1.29, 1.82) is 0 Å². The summed E-state index contributed by atoms with van der Waals surface area (Å²) in [5.74, 6) is 7.35. The summed E-state index contributed by atoms with van der Waals surface area (Å²) in [4.78, 5) is 30.0. The molecule has 3 aromatic rings. The van der Waals surface area contributed by atoms with E-state index in [1.807, 2.05) is 54.4 Å². The number of carbonyl (C=O) groups excluding carboxylic acids is 2. The van der Waals surface area contributed by atoms with Gasteiger partial charge >= 0.3 is 5.97 Å². The highest BCUT2D eigenvalue weighted by Crippen LogP contribution is 2.63. The van der Waals surface area contributed by atoms with E-state index in [1.165, 1.54) is 18.1 Å². The molecule has 5 atom stereocenters. The highest BCUT2D eigenvalue weighted by molar-refractivity contribution is 5.94. The minimum absolute atomic E-state index is 0.0918. The van der Waals surface area contributed by atoms with Gasteiger partial charge in [-0.2, -0.15) is 0 Å². The molecule has 6 heteroatoms. The predicted molar refractivity (Wildman–Crippen MR) is 160 cm³/mol. The molecule has 1 amide bonds. The van der Waals surface area contributed by atoms with Crippen LogP contribution in [0, 0.1) is 17.8 Å². The third kappa shape index (κ3) is 4.39. The average Bonchev–Trinajstić information content (AvgIpc) is 3.34. The van der Waals surface area contributed by atoms with Crippen LogP contribution in [0.2, 0.25) is 0 Å². The molecule has 214 valence electrons. The molecule has 2 aliphatic carbocycles. The minimum Gasteiger partial charge on any atom is -0.487 e. The second-order valence-electron chi connectivity index (χ2n) is 12.2. The van der Waals surface area contributed by atoms with Gasteiger partial charge in [-0.1, -0.05) is 54.5 Å². The number of ether oxygens (including phenoxy) is 2. The number of benzene rings is 3. The molecule has 0 unspecified atom stereocenters. The van der Waals surface area contributed by atoms with Crippen molar-refractivity contribution in [2.75, 3.05) is 20.1 Å². The van der Waals surface area contributed by atoms with Crippen LogP contribution >= 0.6 is 0 Å². The fourth-order valence-corrected chi connectivity index (χ4v) is 8.33. The van der Waals surface area contributed by atoms with Gasteiger partial charge in [0, 0.05) is 54.6 Å². The van der Waals surface area contributed by atoms with Crippen LogP contribution in [-0.4, -0.2) is 60.0 Å². The summed E-state index contributed by atoms with van der Waals surface area (Å²) in [6.07, 6.45) is 4.51. The molecule has 0 aromatic heterocycles. The van der Waals surface area contributed by atoms with Crippen LogP contribution in [0.3, 0.4) is 0 Å². The van der Waals surface area contributed by atoms with Gasteiger partial charge in [0.05, 0.1) is 6.04 Å². The smallest absolute Gasteiger partial charge is 0.308 e. The molecule has 2 bridgehead atoms. The van der Waals surface area contributed by atoms with Crippen molar-refractivity contribution in [2.24, 2.45) is 5.92 Å². The van der Waals surface area contributed by atoms with Crippen molar-refractivity contribution >= 4 is 11.9 Å². The summed E-state index contributed by atoms with van der Waals surface area (Å²) in [7, 11) is 1.87. The van der Waals surface area contributed by atoms with Crippen molar-refractivity contribution in [3.8, 4) is 23.3 Å². The first kappa shape index (κ1) is 26.8. The number of nitrogens with zero attached hydrogens (tertiary/aromatic N) is 2. The monoisotopic (exact) mass is 560 g/mol. The van der Waals surface area contributed by atoms with Crippen molar-refractivity contribution in [3.05, 3.63) is 95.1 Å². The number of amides is 1. The Morgan fingerprint density at radius 2 is 1.81 bits per heavy atom. The Morgan fingerprint density at radius 3 is 2.57 bits per heavy atom. The Balaban J connectivity index is 1.23. The van der Waals surface area contributed by atoms with Crippen LogP contribution in [0.15, 0.2) is 72.8 Å². The highest BCUT2D eigenvalue weighted by Gasteiger charge is 2.66. The molecule has 2 heterocycles. The van der Waals surface area contributed by atoms with Gasteiger partial charge < -0.3 is 14.4 Å². The first-order valence-electron chi connectivity index (χ1n) is 15.1. The number of rotatable bonds is 5. The molecule has 0 radical (unpaired) electrons. The van der Waals surface area contributed by atoms with Crippen molar-refractivity contribution in [2.45, 2.75) is 62.6 Å². The molecular formula is C36H36N2O4. The van der Waals surface area contributed by atoms with Crippen LogP contribution in [0.4, 0.5) is 0 Å². The number of esters is 1. The maximum Gasteiger partial charge on any atom is 0.308 e.